The van der Waals surface area contributed by atoms with Crippen molar-refractivity contribution < 1.29 is 14.6 Å². The maximum atomic E-state index is 11.3. The highest BCUT2D eigenvalue weighted by Gasteiger charge is 2.25. The highest BCUT2D eigenvalue weighted by molar-refractivity contribution is 6.76. The van der Waals surface area contributed by atoms with Crippen molar-refractivity contribution in [2.45, 2.75) is 58.2 Å². The lowest BCUT2D eigenvalue weighted by Crippen LogP contribution is -2.47. The number of amides is 1. The fourth-order valence-corrected chi connectivity index (χ4v) is 5.93. The number of allylic oxidation sites excluding steroid dienone is 1. The van der Waals surface area contributed by atoms with E-state index in [1.165, 1.54) is 0 Å². The zero-order valence-corrected chi connectivity index (χ0v) is 25.8. The second-order valence-corrected chi connectivity index (χ2v) is 17.7. The van der Waals surface area contributed by atoms with Gasteiger partial charge in [0, 0.05) is 62.7 Å². The first-order valence-electron chi connectivity index (χ1n) is 14.4. The Labute approximate surface area is 247 Å². The Balaban J connectivity index is 1.56. The number of hydrogen-bond donors (Lipinski definition) is 2. The van der Waals surface area contributed by atoms with E-state index in [4.69, 9.17) is 19.8 Å². The molecule has 0 bridgehead atoms. The van der Waals surface area contributed by atoms with E-state index in [2.05, 4.69) is 41.4 Å². The fraction of sp³-hybridized carbons (Fsp3) is 0.387. The van der Waals surface area contributed by atoms with Gasteiger partial charge in [0.05, 0.1) is 23.1 Å². The van der Waals surface area contributed by atoms with E-state index in [0.717, 1.165) is 75.9 Å². The van der Waals surface area contributed by atoms with Gasteiger partial charge in [-0.2, -0.15) is 5.10 Å². The molecule has 2 N–H and O–H groups in total. The van der Waals surface area contributed by atoms with Crippen molar-refractivity contribution in [2.24, 2.45) is 0 Å². The Hall–Kier alpha value is -4.09. The molecule has 0 aromatic carbocycles. The third-order valence-corrected chi connectivity index (χ3v) is 9.13. The molecule has 220 valence electrons. The highest BCUT2D eigenvalue weighted by atomic mass is 28.3. The van der Waals surface area contributed by atoms with Crippen LogP contribution in [0.3, 0.4) is 0 Å². The lowest BCUT2D eigenvalue weighted by Gasteiger charge is -2.34. The molecule has 10 nitrogen and oxygen atoms in total. The van der Waals surface area contributed by atoms with Gasteiger partial charge in [0.2, 0.25) is 0 Å². The lowest BCUT2D eigenvalue weighted by molar-refractivity contribution is 0.0818. The number of hydrogen-bond acceptors (Lipinski definition) is 7. The molecule has 4 aromatic rings. The number of anilines is 1. The number of carbonyl (C=O) groups is 1. The van der Waals surface area contributed by atoms with Crippen molar-refractivity contribution in [3.63, 3.8) is 0 Å². The minimum atomic E-state index is -1.23. The normalized spacial score (nSPS) is 15.6. The van der Waals surface area contributed by atoms with E-state index in [1.807, 2.05) is 48.1 Å². The molecule has 1 amide bonds. The number of nitrogens with zero attached hydrogens (tertiary/aromatic N) is 6. The van der Waals surface area contributed by atoms with Crippen LogP contribution in [0.15, 0.2) is 55.5 Å². The van der Waals surface area contributed by atoms with Crippen LogP contribution in [0, 0.1) is 0 Å². The van der Waals surface area contributed by atoms with E-state index >= 15 is 0 Å². The standard InChI is InChI=1S/C31H39N7O3Si/c1-21(2)24-10-11-26(35-30(24)37-13-7-9-23(19-37)34-31(39)40)29-25-16-27(22-8-6-12-32-17-22)33-18-28(25)38(36-29)20-41-14-15-42(3,4)5/h6,8,10-12,16-18,23,34H,1,7,9,13-15,19-20H2,2-5H3,(H,39,40). The first-order chi connectivity index (χ1) is 20.1. The monoisotopic (exact) mass is 585 g/mol. The van der Waals surface area contributed by atoms with Crippen LogP contribution >= 0.6 is 0 Å². The van der Waals surface area contributed by atoms with Gasteiger partial charge < -0.3 is 20.1 Å². The summed E-state index contributed by atoms with van der Waals surface area (Å²) in [5.74, 6) is 0.785. The van der Waals surface area contributed by atoms with Crippen molar-refractivity contribution in [2.75, 3.05) is 24.6 Å². The molecule has 0 spiro atoms. The number of piperidine rings is 1. The Morgan fingerprint density at radius 2 is 2.05 bits per heavy atom. The van der Waals surface area contributed by atoms with Crippen molar-refractivity contribution in [1.29, 1.82) is 0 Å². The number of ether oxygens (including phenoxy) is 1. The molecule has 1 saturated heterocycles. The molecular weight excluding hydrogens is 546 g/mol. The van der Waals surface area contributed by atoms with E-state index in [1.54, 1.807) is 12.4 Å². The Morgan fingerprint density at radius 1 is 1.21 bits per heavy atom. The molecule has 4 aromatic heterocycles. The average Bonchev–Trinajstić information content (AvgIpc) is 3.32. The van der Waals surface area contributed by atoms with Gasteiger partial charge in [-0.3, -0.25) is 9.97 Å². The summed E-state index contributed by atoms with van der Waals surface area (Å²) in [5.41, 5.74) is 5.87. The van der Waals surface area contributed by atoms with Crippen molar-refractivity contribution >= 4 is 36.5 Å². The van der Waals surface area contributed by atoms with Crippen LogP contribution in [0.25, 0.3) is 39.1 Å². The van der Waals surface area contributed by atoms with E-state index in [-0.39, 0.29) is 6.04 Å². The molecular formula is C31H39N7O3Si. The summed E-state index contributed by atoms with van der Waals surface area (Å²) >= 11 is 0. The summed E-state index contributed by atoms with van der Waals surface area (Å²) in [6.45, 7) is 15.5. The van der Waals surface area contributed by atoms with Gasteiger partial charge in [0.25, 0.3) is 0 Å². The second-order valence-electron chi connectivity index (χ2n) is 12.1. The van der Waals surface area contributed by atoms with Gasteiger partial charge >= 0.3 is 6.09 Å². The smallest absolute Gasteiger partial charge is 0.404 e. The zero-order chi connectivity index (χ0) is 29.9. The molecule has 1 aliphatic heterocycles. The van der Waals surface area contributed by atoms with Crippen LogP contribution in [0.2, 0.25) is 25.7 Å². The van der Waals surface area contributed by atoms with Gasteiger partial charge in [-0.05, 0) is 61.7 Å². The Bertz CT molecular complexity index is 1580. The predicted octanol–water partition coefficient (Wildman–Crippen LogP) is 6.14. The van der Waals surface area contributed by atoms with Gasteiger partial charge in [0.15, 0.2) is 0 Å². The molecule has 1 unspecified atom stereocenters. The summed E-state index contributed by atoms with van der Waals surface area (Å²) in [6, 6.07) is 10.8. The minimum Gasteiger partial charge on any atom is -0.465 e. The van der Waals surface area contributed by atoms with Gasteiger partial charge in [-0.25, -0.2) is 14.5 Å². The Kier molecular flexibility index (Phi) is 8.69. The van der Waals surface area contributed by atoms with Crippen molar-refractivity contribution in [3.05, 3.63) is 61.1 Å². The van der Waals surface area contributed by atoms with Crippen LogP contribution in [-0.4, -0.2) is 69.7 Å². The van der Waals surface area contributed by atoms with Crippen LogP contribution in [0.4, 0.5) is 10.6 Å². The van der Waals surface area contributed by atoms with Crippen LogP contribution < -0.4 is 10.2 Å². The maximum absolute atomic E-state index is 11.3. The van der Waals surface area contributed by atoms with Gasteiger partial charge in [-0.15, -0.1) is 0 Å². The maximum Gasteiger partial charge on any atom is 0.404 e. The third kappa shape index (κ3) is 6.85. The summed E-state index contributed by atoms with van der Waals surface area (Å²) in [7, 11) is -1.23. The number of carboxylic acid groups (broad SMARTS) is 1. The van der Waals surface area contributed by atoms with E-state index in [0.29, 0.717) is 19.9 Å². The summed E-state index contributed by atoms with van der Waals surface area (Å²) in [6.07, 6.45) is 6.03. The van der Waals surface area contributed by atoms with Crippen molar-refractivity contribution in [1.82, 2.24) is 30.0 Å². The quantitative estimate of drug-likeness (QED) is 0.168. The molecule has 0 radical (unpaired) electrons. The topological polar surface area (TPSA) is 118 Å². The number of aromatic nitrogens is 5. The number of fused-ring (bicyclic) bond motifs is 1. The molecule has 1 fully saturated rings. The second kappa shape index (κ2) is 12.4. The van der Waals surface area contributed by atoms with Crippen LogP contribution in [0.5, 0.6) is 0 Å². The van der Waals surface area contributed by atoms with Gasteiger partial charge in [0.1, 0.15) is 18.2 Å². The van der Waals surface area contributed by atoms with Crippen LogP contribution in [-0.2, 0) is 11.5 Å². The number of rotatable bonds is 10. The molecule has 5 heterocycles. The summed E-state index contributed by atoms with van der Waals surface area (Å²) in [4.78, 5) is 27.6. The molecule has 42 heavy (non-hydrogen) atoms. The molecule has 1 aliphatic rings. The lowest BCUT2D eigenvalue weighted by atomic mass is 10.0. The molecule has 0 aliphatic carbocycles. The Morgan fingerprint density at radius 3 is 2.76 bits per heavy atom. The fourth-order valence-electron chi connectivity index (χ4n) is 5.18. The molecule has 11 heteroatoms. The summed E-state index contributed by atoms with van der Waals surface area (Å²) < 4.78 is 7.94. The number of pyridine rings is 3. The van der Waals surface area contributed by atoms with Gasteiger partial charge in [-0.1, -0.05) is 26.2 Å². The molecule has 1 atom stereocenters. The minimum absolute atomic E-state index is 0.166. The summed E-state index contributed by atoms with van der Waals surface area (Å²) in [5, 5.41) is 17.9. The van der Waals surface area contributed by atoms with E-state index in [9.17, 15) is 9.90 Å². The average molecular weight is 586 g/mol. The molecule has 5 rings (SSSR count). The first-order valence-corrected chi connectivity index (χ1v) is 18.1. The zero-order valence-electron chi connectivity index (χ0n) is 24.8. The highest BCUT2D eigenvalue weighted by Crippen LogP contribution is 2.34. The largest absolute Gasteiger partial charge is 0.465 e. The van der Waals surface area contributed by atoms with Crippen LogP contribution in [0.1, 0.15) is 25.3 Å². The molecule has 0 saturated carbocycles. The first kappa shape index (κ1) is 29.4. The van der Waals surface area contributed by atoms with Crippen molar-refractivity contribution in [3.8, 4) is 22.6 Å². The SMILES string of the molecule is C=C(C)c1ccc(-c2nn(COCC[Si](C)(C)C)c3cnc(-c4cccnc4)cc23)nc1N1CCCC(NC(=O)O)C1. The predicted molar refractivity (Wildman–Crippen MR) is 169 cm³/mol. The third-order valence-electron chi connectivity index (χ3n) is 7.43. The number of nitrogens with one attached hydrogen (secondary N) is 1. The van der Waals surface area contributed by atoms with E-state index < -0.39 is 14.2 Å².